The molecule has 1 aliphatic carbocycles. The summed E-state index contributed by atoms with van der Waals surface area (Å²) in [5.74, 6) is 0.305. The molecule has 0 spiro atoms. The number of hydrogen-bond donors (Lipinski definition) is 1. The van der Waals surface area contributed by atoms with Crippen LogP contribution in [-0.4, -0.2) is 41.5 Å². The average molecular weight is 289 g/mol. The van der Waals surface area contributed by atoms with Gasteiger partial charge in [-0.3, -0.25) is 9.48 Å². The first-order valence-corrected chi connectivity index (χ1v) is 7.31. The number of carbonyl (C=O) groups excluding carboxylic acids is 1. The van der Waals surface area contributed by atoms with E-state index in [1.807, 2.05) is 17.1 Å². The normalized spacial score (nSPS) is 20.4. The molecule has 1 saturated heterocycles. The van der Waals surface area contributed by atoms with Crippen LogP contribution in [0.1, 0.15) is 42.2 Å². The number of amides is 1. The molecule has 2 heterocycles. The van der Waals surface area contributed by atoms with Crippen molar-refractivity contribution in [1.82, 2.24) is 15.1 Å². The van der Waals surface area contributed by atoms with Gasteiger partial charge in [0.05, 0.1) is 6.04 Å². The Bertz CT molecular complexity index is 541. The topological polar surface area (TPSA) is 80.9 Å². The molecule has 1 aromatic heterocycles. The summed E-state index contributed by atoms with van der Waals surface area (Å²) in [4.78, 5) is 11.9. The van der Waals surface area contributed by atoms with E-state index in [4.69, 9.17) is 4.74 Å². The standard InChI is InChI=1S/C14H19N5O2/c20-14(15-10-17-16-9-11-1-2-11)13-3-6-19(18-13)12-4-7-21-8-5-12/h3,6,9-12H,1-2,4-5,7-8H2,(H,15,17,20). The Labute approximate surface area is 123 Å². The van der Waals surface area contributed by atoms with Crippen LogP contribution in [0.4, 0.5) is 0 Å². The maximum Gasteiger partial charge on any atom is 0.276 e. The molecule has 1 N–H and O–H groups in total. The van der Waals surface area contributed by atoms with E-state index in [9.17, 15) is 4.79 Å². The first kappa shape index (κ1) is 13.9. The predicted molar refractivity (Wildman–Crippen MR) is 78.5 cm³/mol. The average Bonchev–Trinajstić information content (AvgIpc) is 3.21. The summed E-state index contributed by atoms with van der Waals surface area (Å²) >= 11 is 0. The maximum atomic E-state index is 11.9. The Hall–Kier alpha value is -2.02. The third-order valence-electron chi connectivity index (χ3n) is 3.63. The Kier molecular flexibility index (Phi) is 4.40. The van der Waals surface area contributed by atoms with Crippen molar-refractivity contribution in [2.45, 2.75) is 31.7 Å². The summed E-state index contributed by atoms with van der Waals surface area (Å²) in [5.41, 5.74) is 0.388. The predicted octanol–water partition coefficient (Wildman–Crippen LogP) is 1.39. The lowest BCUT2D eigenvalue weighted by Gasteiger charge is -2.22. The van der Waals surface area contributed by atoms with Crippen molar-refractivity contribution >= 4 is 18.5 Å². The highest BCUT2D eigenvalue weighted by Gasteiger charge is 2.18. The van der Waals surface area contributed by atoms with Crippen molar-refractivity contribution < 1.29 is 9.53 Å². The minimum absolute atomic E-state index is 0.272. The van der Waals surface area contributed by atoms with Gasteiger partial charge in [0.2, 0.25) is 0 Å². The second-order valence-corrected chi connectivity index (χ2v) is 5.34. The first-order chi connectivity index (χ1) is 10.3. The second-order valence-electron chi connectivity index (χ2n) is 5.34. The van der Waals surface area contributed by atoms with E-state index < -0.39 is 0 Å². The molecule has 1 amide bonds. The van der Waals surface area contributed by atoms with E-state index >= 15 is 0 Å². The molecule has 0 unspecified atom stereocenters. The molecular weight excluding hydrogens is 270 g/mol. The molecule has 21 heavy (non-hydrogen) atoms. The van der Waals surface area contributed by atoms with Crippen LogP contribution in [0, 0.1) is 5.92 Å². The molecule has 7 heteroatoms. The van der Waals surface area contributed by atoms with Gasteiger partial charge in [0.1, 0.15) is 6.34 Å². The molecule has 0 aromatic carbocycles. The minimum atomic E-state index is -0.272. The SMILES string of the molecule is O=C(NC=NN=CC1CC1)c1ccn(C2CCOCC2)n1. The fraction of sp³-hybridized carbons (Fsp3) is 0.571. The molecule has 0 radical (unpaired) electrons. The number of aromatic nitrogens is 2. The van der Waals surface area contributed by atoms with Crippen LogP contribution < -0.4 is 5.32 Å². The van der Waals surface area contributed by atoms with Crippen LogP contribution in [0.2, 0.25) is 0 Å². The highest BCUT2D eigenvalue weighted by molar-refractivity contribution is 5.99. The van der Waals surface area contributed by atoms with E-state index in [0.29, 0.717) is 17.7 Å². The molecular formula is C14H19N5O2. The Morgan fingerprint density at radius 3 is 2.90 bits per heavy atom. The molecule has 2 aliphatic rings. The number of ether oxygens (including phenoxy) is 1. The zero-order valence-electron chi connectivity index (χ0n) is 11.8. The van der Waals surface area contributed by atoms with E-state index in [2.05, 4.69) is 20.6 Å². The maximum absolute atomic E-state index is 11.9. The van der Waals surface area contributed by atoms with Crippen molar-refractivity contribution in [1.29, 1.82) is 0 Å². The quantitative estimate of drug-likeness (QED) is 0.505. The molecule has 1 aliphatic heterocycles. The Morgan fingerprint density at radius 1 is 1.33 bits per heavy atom. The first-order valence-electron chi connectivity index (χ1n) is 7.31. The number of rotatable bonds is 5. The zero-order valence-corrected chi connectivity index (χ0v) is 11.8. The molecule has 0 bridgehead atoms. The van der Waals surface area contributed by atoms with Crippen molar-refractivity contribution in [3.8, 4) is 0 Å². The summed E-state index contributed by atoms with van der Waals surface area (Å²) in [6.07, 6.45) is 9.19. The molecule has 3 rings (SSSR count). The monoisotopic (exact) mass is 289 g/mol. The number of nitrogens with one attached hydrogen (secondary N) is 1. The molecule has 2 fully saturated rings. The van der Waals surface area contributed by atoms with Crippen LogP contribution in [0.25, 0.3) is 0 Å². The van der Waals surface area contributed by atoms with Gasteiger partial charge < -0.3 is 10.1 Å². The van der Waals surface area contributed by atoms with Gasteiger partial charge in [-0.25, -0.2) is 0 Å². The van der Waals surface area contributed by atoms with Crippen LogP contribution in [0.15, 0.2) is 22.5 Å². The third kappa shape index (κ3) is 3.98. The molecule has 7 nitrogen and oxygen atoms in total. The van der Waals surface area contributed by atoms with Gasteiger partial charge in [0.25, 0.3) is 5.91 Å². The molecule has 112 valence electrons. The number of hydrogen-bond acceptors (Lipinski definition) is 5. The molecule has 1 aromatic rings. The van der Waals surface area contributed by atoms with Gasteiger partial charge in [-0.1, -0.05) is 0 Å². The van der Waals surface area contributed by atoms with Gasteiger partial charge in [-0.2, -0.15) is 10.2 Å². The highest BCUT2D eigenvalue weighted by atomic mass is 16.5. The van der Waals surface area contributed by atoms with Crippen molar-refractivity contribution in [2.24, 2.45) is 16.1 Å². The Balaban J connectivity index is 1.51. The minimum Gasteiger partial charge on any atom is -0.381 e. The Morgan fingerprint density at radius 2 is 2.14 bits per heavy atom. The van der Waals surface area contributed by atoms with Gasteiger partial charge in [-0.15, -0.1) is 5.10 Å². The van der Waals surface area contributed by atoms with Gasteiger partial charge in [0.15, 0.2) is 5.69 Å². The van der Waals surface area contributed by atoms with E-state index in [0.717, 1.165) is 26.1 Å². The van der Waals surface area contributed by atoms with Crippen LogP contribution in [0.3, 0.4) is 0 Å². The molecule has 1 saturated carbocycles. The van der Waals surface area contributed by atoms with Gasteiger partial charge >= 0.3 is 0 Å². The lowest BCUT2D eigenvalue weighted by atomic mass is 10.1. The fourth-order valence-electron chi connectivity index (χ4n) is 2.19. The van der Waals surface area contributed by atoms with Crippen LogP contribution >= 0.6 is 0 Å². The summed E-state index contributed by atoms with van der Waals surface area (Å²) < 4.78 is 7.17. The lowest BCUT2D eigenvalue weighted by molar-refractivity contribution is 0.0660. The van der Waals surface area contributed by atoms with Crippen LogP contribution in [-0.2, 0) is 4.74 Å². The van der Waals surface area contributed by atoms with Crippen molar-refractivity contribution in [3.05, 3.63) is 18.0 Å². The van der Waals surface area contributed by atoms with E-state index in [1.54, 1.807) is 6.07 Å². The van der Waals surface area contributed by atoms with Crippen molar-refractivity contribution in [3.63, 3.8) is 0 Å². The summed E-state index contributed by atoms with van der Waals surface area (Å²) in [5, 5.41) is 14.5. The zero-order chi connectivity index (χ0) is 14.5. The van der Waals surface area contributed by atoms with Gasteiger partial charge in [0, 0.05) is 25.6 Å². The second kappa shape index (κ2) is 6.62. The van der Waals surface area contributed by atoms with Gasteiger partial charge in [-0.05, 0) is 37.7 Å². The third-order valence-corrected chi connectivity index (χ3v) is 3.63. The van der Waals surface area contributed by atoms with Crippen molar-refractivity contribution in [2.75, 3.05) is 13.2 Å². The largest absolute Gasteiger partial charge is 0.381 e. The summed E-state index contributed by atoms with van der Waals surface area (Å²) in [7, 11) is 0. The lowest BCUT2D eigenvalue weighted by Crippen LogP contribution is -2.23. The van der Waals surface area contributed by atoms with E-state index in [1.165, 1.54) is 19.2 Å². The van der Waals surface area contributed by atoms with Crippen LogP contribution in [0.5, 0.6) is 0 Å². The fourth-order valence-corrected chi connectivity index (χ4v) is 2.19. The smallest absolute Gasteiger partial charge is 0.276 e. The molecule has 0 atom stereocenters. The summed E-state index contributed by atoms with van der Waals surface area (Å²) in [6.45, 7) is 1.50. The van der Waals surface area contributed by atoms with E-state index in [-0.39, 0.29) is 5.91 Å². The number of carbonyl (C=O) groups is 1. The number of nitrogens with zero attached hydrogens (tertiary/aromatic N) is 4. The highest BCUT2D eigenvalue weighted by Crippen LogP contribution is 2.26. The summed E-state index contributed by atoms with van der Waals surface area (Å²) in [6, 6.07) is 2.03.